The second kappa shape index (κ2) is 12.7. The topological polar surface area (TPSA) is 67.2 Å². The third kappa shape index (κ3) is 6.34. The Kier molecular flexibility index (Phi) is 9.15. The molecule has 0 radical (unpaired) electrons. The predicted octanol–water partition coefficient (Wildman–Crippen LogP) is 5.49. The summed E-state index contributed by atoms with van der Waals surface area (Å²) in [5.74, 6) is 1.13. The molecule has 192 valence electrons. The van der Waals surface area contributed by atoms with Crippen molar-refractivity contribution >= 4 is 22.8 Å². The van der Waals surface area contributed by atoms with E-state index in [-0.39, 0.29) is 30.3 Å². The van der Waals surface area contributed by atoms with Gasteiger partial charge in [-0.3, -0.25) is 9.59 Å². The number of fused-ring (bicyclic) bond motifs is 1. The molecule has 1 aromatic heterocycles. The maximum atomic E-state index is 13.9. The zero-order chi connectivity index (χ0) is 25.3. The molecule has 1 heterocycles. The smallest absolute Gasteiger partial charge is 0.243 e. The third-order valence-electron chi connectivity index (χ3n) is 7.56. The molecule has 6 nitrogen and oxygen atoms in total. The molecule has 0 bridgehead atoms. The van der Waals surface area contributed by atoms with Crippen molar-refractivity contribution in [3.63, 3.8) is 0 Å². The minimum absolute atomic E-state index is 0.0485. The van der Waals surface area contributed by atoms with Gasteiger partial charge < -0.3 is 14.8 Å². The first-order valence-corrected chi connectivity index (χ1v) is 13.7. The molecule has 3 aromatic rings. The van der Waals surface area contributed by atoms with Gasteiger partial charge in [-0.25, -0.2) is 4.98 Å². The normalized spacial score (nSPS) is 14.3. The van der Waals surface area contributed by atoms with Crippen LogP contribution in [0.3, 0.4) is 0 Å². The van der Waals surface area contributed by atoms with Crippen LogP contribution in [0, 0.1) is 5.92 Å². The van der Waals surface area contributed by atoms with E-state index in [9.17, 15) is 9.59 Å². The molecule has 0 unspecified atom stereocenters. The lowest BCUT2D eigenvalue weighted by Crippen LogP contribution is -2.42. The van der Waals surface area contributed by atoms with Crippen LogP contribution in [-0.2, 0) is 29.1 Å². The fraction of sp³-hybridized carbons (Fsp3) is 0.500. The molecule has 1 N–H and O–H groups in total. The van der Waals surface area contributed by atoms with Crippen molar-refractivity contribution in [2.75, 3.05) is 6.54 Å². The van der Waals surface area contributed by atoms with E-state index in [0.29, 0.717) is 19.5 Å². The van der Waals surface area contributed by atoms with Crippen LogP contribution in [-0.4, -0.2) is 38.9 Å². The molecule has 36 heavy (non-hydrogen) atoms. The van der Waals surface area contributed by atoms with Crippen LogP contribution in [0.2, 0.25) is 0 Å². The molecule has 1 fully saturated rings. The van der Waals surface area contributed by atoms with E-state index in [1.54, 1.807) is 0 Å². The van der Waals surface area contributed by atoms with Crippen LogP contribution < -0.4 is 5.32 Å². The number of hydrogen-bond acceptors (Lipinski definition) is 3. The third-order valence-corrected chi connectivity index (χ3v) is 7.56. The van der Waals surface area contributed by atoms with Gasteiger partial charge in [-0.2, -0.15) is 0 Å². The highest BCUT2D eigenvalue weighted by Gasteiger charge is 2.27. The first-order valence-electron chi connectivity index (χ1n) is 13.7. The average Bonchev–Trinajstić information content (AvgIpc) is 3.26. The number of nitrogens with zero attached hydrogens (tertiary/aromatic N) is 3. The van der Waals surface area contributed by atoms with Crippen LogP contribution in [0.15, 0.2) is 54.6 Å². The molecule has 0 saturated heterocycles. The van der Waals surface area contributed by atoms with Crippen LogP contribution in [0.5, 0.6) is 0 Å². The van der Waals surface area contributed by atoms with Crippen molar-refractivity contribution in [3.05, 3.63) is 66.0 Å². The fourth-order valence-electron chi connectivity index (χ4n) is 5.41. The number of carbonyl (C=O) groups is 2. The number of para-hydroxylation sites is 2. The van der Waals surface area contributed by atoms with E-state index in [0.717, 1.165) is 48.1 Å². The first-order chi connectivity index (χ1) is 17.6. The molecule has 0 atom stereocenters. The largest absolute Gasteiger partial charge is 0.355 e. The van der Waals surface area contributed by atoms with Gasteiger partial charge in [0.2, 0.25) is 11.8 Å². The van der Waals surface area contributed by atoms with Gasteiger partial charge in [0.05, 0.1) is 11.0 Å². The molecule has 2 amide bonds. The summed E-state index contributed by atoms with van der Waals surface area (Å²) in [4.78, 5) is 33.3. The number of nitrogens with one attached hydrogen (secondary N) is 1. The molecular weight excluding hydrogens is 448 g/mol. The second-order valence-corrected chi connectivity index (χ2v) is 9.96. The van der Waals surface area contributed by atoms with Crippen molar-refractivity contribution in [1.29, 1.82) is 0 Å². The standard InChI is InChI=1S/C30H40N4O2/c1-3-24(4-2)30(36)31-20-19-28-32-26-17-11-12-18-27(26)34(28)22-29(35)33(25-15-9-6-10-16-25)21-23-13-7-5-8-14-23/h5,7-8,11-14,17-18,24-25H,3-4,6,9-10,15-16,19-22H2,1-2H3,(H,31,36). The quantitative estimate of drug-likeness (QED) is 0.388. The minimum Gasteiger partial charge on any atom is -0.355 e. The van der Waals surface area contributed by atoms with Gasteiger partial charge in [0.1, 0.15) is 12.4 Å². The van der Waals surface area contributed by atoms with Gasteiger partial charge in [0.15, 0.2) is 0 Å². The van der Waals surface area contributed by atoms with Crippen LogP contribution in [0.4, 0.5) is 0 Å². The molecule has 0 spiro atoms. The molecule has 4 rings (SSSR count). The molecule has 0 aliphatic heterocycles. The number of amides is 2. The van der Waals surface area contributed by atoms with Gasteiger partial charge in [-0.15, -0.1) is 0 Å². The lowest BCUT2D eigenvalue weighted by atomic mass is 9.93. The Morgan fingerprint density at radius 3 is 2.42 bits per heavy atom. The number of rotatable bonds is 11. The summed E-state index contributed by atoms with van der Waals surface area (Å²) < 4.78 is 2.06. The van der Waals surface area contributed by atoms with Gasteiger partial charge in [0.25, 0.3) is 0 Å². The van der Waals surface area contributed by atoms with E-state index in [1.165, 1.54) is 19.3 Å². The molecule has 6 heteroatoms. The van der Waals surface area contributed by atoms with Crippen molar-refractivity contribution < 1.29 is 9.59 Å². The summed E-state index contributed by atoms with van der Waals surface area (Å²) >= 11 is 0. The number of benzene rings is 2. The molecule has 1 aliphatic rings. The highest BCUT2D eigenvalue weighted by molar-refractivity contribution is 5.81. The highest BCUT2D eigenvalue weighted by atomic mass is 16.2. The maximum Gasteiger partial charge on any atom is 0.243 e. The number of hydrogen-bond donors (Lipinski definition) is 1. The van der Waals surface area contributed by atoms with Crippen molar-refractivity contribution in [2.45, 2.75) is 84.3 Å². The lowest BCUT2D eigenvalue weighted by molar-refractivity contribution is -0.135. The van der Waals surface area contributed by atoms with E-state index >= 15 is 0 Å². The highest BCUT2D eigenvalue weighted by Crippen LogP contribution is 2.25. The Morgan fingerprint density at radius 2 is 1.69 bits per heavy atom. The predicted molar refractivity (Wildman–Crippen MR) is 144 cm³/mol. The summed E-state index contributed by atoms with van der Waals surface area (Å²) in [5, 5.41) is 3.08. The zero-order valence-corrected chi connectivity index (χ0v) is 21.8. The summed E-state index contributed by atoms with van der Waals surface area (Å²) in [5.41, 5.74) is 3.02. The second-order valence-electron chi connectivity index (χ2n) is 9.96. The summed E-state index contributed by atoms with van der Waals surface area (Å²) in [6.07, 6.45) is 8.02. The minimum atomic E-state index is 0.0485. The number of imidazole rings is 1. The van der Waals surface area contributed by atoms with E-state index < -0.39 is 0 Å². The number of aromatic nitrogens is 2. The maximum absolute atomic E-state index is 13.9. The van der Waals surface area contributed by atoms with Crippen molar-refractivity contribution in [2.24, 2.45) is 5.92 Å². The van der Waals surface area contributed by atoms with Gasteiger partial charge in [-0.1, -0.05) is 75.6 Å². The Labute approximate surface area is 215 Å². The Balaban J connectivity index is 1.54. The summed E-state index contributed by atoms with van der Waals surface area (Å²) in [7, 11) is 0. The van der Waals surface area contributed by atoms with Crippen molar-refractivity contribution in [1.82, 2.24) is 19.8 Å². The Hall–Kier alpha value is -3.15. The molecule has 1 aliphatic carbocycles. The lowest BCUT2D eigenvalue weighted by Gasteiger charge is -2.35. The van der Waals surface area contributed by atoms with Crippen molar-refractivity contribution in [3.8, 4) is 0 Å². The van der Waals surface area contributed by atoms with E-state index in [1.807, 2.05) is 56.3 Å². The van der Waals surface area contributed by atoms with Crippen LogP contribution in [0.25, 0.3) is 11.0 Å². The average molecular weight is 489 g/mol. The zero-order valence-electron chi connectivity index (χ0n) is 21.8. The van der Waals surface area contributed by atoms with Crippen LogP contribution in [0.1, 0.15) is 70.2 Å². The fourth-order valence-corrected chi connectivity index (χ4v) is 5.41. The van der Waals surface area contributed by atoms with Gasteiger partial charge in [0, 0.05) is 31.5 Å². The van der Waals surface area contributed by atoms with Gasteiger partial charge in [-0.05, 0) is 43.4 Å². The van der Waals surface area contributed by atoms with Gasteiger partial charge >= 0.3 is 0 Å². The molecule has 2 aromatic carbocycles. The van der Waals surface area contributed by atoms with Crippen LogP contribution >= 0.6 is 0 Å². The first kappa shape index (κ1) is 25.9. The number of carbonyl (C=O) groups excluding carboxylic acids is 2. The monoisotopic (exact) mass is 488 g/mol. The molecular formula is C30H40N4O2. The molecule has 1 saturated carbocycles. The Bertz CT molecular complexity index is 1130. The van der Waals surface area contributed by atoms with E-state index in [4.69, 9.17) is 4.98 Å². The SMILES string of the molecule is CCC(CC)C(=O)NCCc1nc2ccccc2n1CC(=O)N(Cc1ccccc1)C1CCCCC1. The van der Waals surface area contributed by atoms with E-state index in [2.05, 4.69) is 26.9 Å². The summed E-state index contributed by atoms with van der Waals surface area (Å²) in [6.45, 7) is 5.51. The Morgan fingerprint density at radius 1 is 1.00 bits per heavy atom. The summed E-state index contributed by atoms with van der Waals surface area (Å²) in [6, 6.07) is 18.6.